The van der Waals surface area contributed by atoms with Crippen LogP contribution >= 0.6 is 0 Å². The van der Waals surface area contributed by atoms with Gasteiger partial charge in [-0.25, -0.2) is 9.97 Å². The number of pyridine rings is 1. The summed E-state index contributed by atoms with van der Waals surface area (Å²) >= 11 is 0. The molecule has 3 aromatic rings. The molecule has 2 heterocycles. The van der Waals surface area contributed by atoms with Crippen molar-refractivity contribution < 1.29 is 0 Å². The van der Waals surface area contributed by atoms with Crippen molar-refractivity contribution >= 4 is 27.6 Å². The molecule has 27 heavy (non-hydrogen) atoms. The second-order valence-corrected chi connectivity index (χ2v) is 7.29. The van der Waals surface area contributed by atoms with Crippen molar-refractivity contribution in [1.29, 1.82) is 0 Å². The van der Waals surface area contributed by atoms with Crippen molar-refractivity contribution in [1.82, 2.24) is 19.9 Å². The minimum atomic E-state index is 0.390. The third kappa shape index (κ3) is 4.35. The maximum Gasteiger partial charge on any atom is 0.100 e. The Labute approximate surface area is 162 Å². The molecular weight excluding hydrogens is 334 g/mol. The van der Waals surface area contributed by atoms with Gasteiger partial charge in [0.15, 0.2) is 0 Å². The van der Waals surface area contributed by atoms with Crippen molar-refractivity contribution in [3.8, 4) is 0 Å². The molecule has 1 aromatic carbocycles. The first-order chi connectivity index (χ1) is 13.0. The fourth-order valence-corrected chi connectivity index (χ4v) is 3.55. The van der Waals surface area contributed by atoms with Crippen molar-refractivity contribution in [3.05, 3.63) is 35.8 Å². The van der Waals surface area contributed by atoms with Crippen LogP contribution in [0.2, 0.25) is 0 Å². The quantitative estimate of drug-likeness (QED) is 0.586. The van der Waals surface area contributed by atoms with Gasteiger partial charge in [-0.1, -0.05) is 13.8 Å². The van der Waals surface area contributed by atoms with Gasteiger partial charge in [0.05, 0.1) is 27.8 Å². The Kier molecular flexibility index (Phi) is 6.22. The SMILES string of the molecule is CCN(CC)CCCC(C)Nc1ccnc2ccc3nc(C)c(C)nc3c12. The van der Waals surface area contributed by atoms with Gasteiger partial charge in [-0.05, 0) is 71.4 Å². The van der Waals surface area contributed by atoms with E-state index >= 15 is 0 Å². The zero-order valence-electron chi connectivity index (χ0n) is 17.2. The molecule has 5 heteroatoms. The number of fused-ring (bicyclic) bond motifs is 3. The van der Waals surface area contributed by atoms with Crippen LogP contribution in [0.25, 0.3) is 21.9 Å². The van der Waals surface area contributed by atoms with Crippen molar-refractivity contribution in [2.75, 3.05) is 25.0 Å². The topological polar surface area (TPSA) is 53.9 Å². The lowest BCUT2D eigenvalue weighted by Gasteiger charge is -2.21. The predicted octanol–water partition coefficient (Wildman–Crippen LogP) is 4.72. The molecule has 3 rings (SSSR count). The summed E-state index contributed by atoms with van der Waals surface area (Å²) in [5.74, 6) is 0. The fraction of sp³-hybridized carbons (Fsp3) is 0.500. The molecule has 2 aromatic heterocycles. The van der Waals surface area contributed by atoms with E-state index in [0.29, 0.717) is 6.04 Å². The highest BCUT2D eigenvalue weighted by Crippen LogP contribution is 2.29. The number of benzene rings is 1. The molecule has 0 aliphatic rings. The van der Waals surface area contributed by atoms with E-state index in [2.05, 4.69) is 42.0 Å². The van der Waals surface area contributed by atoms with Gasteiger partial charge < -0.3 is 10.2 Å². The minimum Gasteiger partial charge on any atom is -0.382 e. The predicted molar refractivity (Wildman–Crippen MR) is 114 cm³/mol. The highest BCUT2D eigenvalue weighted by atomic mass is 15.1. The molecule has 0 radical (unpaired) electrons. The van der Waals surface area contributed by atoms with Gasteiger partial charge in [0.1, 0.15) is 5.52 Å². The third-order valence-electron chi connectivity index (χ3n) is 5.36. The number of aryl methyl sites for hydroxylation is 2. The van der Waals surface area contributed by atoms with E-state index in [0.717, 1.165) is 65.1 Å². The maximum absolute atomic E-state index is 4.83. The molecule has 1 atom stereocenters. The summed E-state index contributed by atoms with van der Waals surface area (Å²) in [5, 5.41) is 4.77. The lowest BCUT2D eigenvalue weighted by molar-refractivity contribution is 0.295. The first-order valence-electron chi connectivity index (χ1n) is 10.0. The van der Waals surface area contributed by atoms with Gasteiger partial charge in [-0.3, -0.25) is 4.98 Å². The van der Waals surface area contributed by atoms with Crippen LogP contribution in [0.5, 0.6) is 0 Å². The third-order valence-corrected chi connectivity index (χ3v) is 5.36. The Hall–Kier alpha value is -2.27. The summed E-state index contributed by atoms with van der Waals surface area (Å²) in [5.41, 5.74) is 5.86. The van der Waals surface area contributed by atoms with Gasteiger partial charge in [0.2, 0.25) is 0 Å². The number of aromatic nitrogens is 3. The summed E-state index contributed by atoms with van der Waals surface area (Å²) in [6.45, 7) is 14.1. The van der Waals surface area contributed by atoms with Crippen LogP contribution in [0.3, 0.4) is 0 Å². The van der Waals surface area contributed by atoms with E-state index < -0.39 is 0 Å². The van der Waals surface area contributed by atoms with Crippen molar-refractivity contribution in [3.63, 3.8) is 0 Å². The summed E-state index contributed by atoms with van der Waals surface area (Å²) in [7, 11) is 0. The average molecular weight is 366 g/mol. The summed E-state index contributed by atoms with van der Waals surface area (Å²) in [6.07, 6.45) is 4.19. The van der Waals surface area contributed by atoms with Gasteiger partial charge in [0, 0.05) is 17.9 Å². The van der Waals surface area contributed by atoms with E-state index in [-0.39, 0.29) is 0 Å². The van der Waals surface area contributed by atoms with E-state index in [4.69, 9.17) is 9.97 Å². The van der Waals surface area contributed by atoms with Crippen molar-refractivity contribution in [2.45, 2.75) is 53.5 Å². The highest BCUT2D eigenvalue weighted by molar-refractivity contribution is 6.09. The summed E-state index contributed by atoms with van der Waals surface area (Å²) < 4.78 is 0. The Morgan fingerprint density at radius 2 is 1.70 bits per heavy atom. The monoisotopic (exact) mass is 365 g/mol. The molecular formula is C22H31N5. The number of hydrogen-bond donors (Lipinski definition) is 1. The number of anilines is 1. The molecule has 1 unspecified atom stereocenters. The van der Waals surface area contributed by atoms with Crippen molar-refractivity contribution in [2.24, 2.45) is 0 Å². The zero-order chi connectivity index (χ0) is 19.4. The first kappa shape index (κ1) is 19.5. The first-order valence-corrected chi connectivity index (χ1v) is 10.0. The molecule has 5 nitrogen and oxygen atoms in total. The molecule has 0 bridgehead atoms. The smallest absolute Gasteiger partial charge is 0.100 e. The number of nitrogens with zero attached hydrogens (tertiary/aromatic N) is 4. The van der Waals surface area contributed by atoms with Crippen LogP contribution in [0.4, 0.5) is 5.69 Å². The van der Waals surface area contributed by atoms with Crippen LogP contribution < -0.4 is 5.32 Å². The van der Waals surface area contributed by atoms with Crippen LogP contribution in [0.15, 0.2) is 24.4 Å². The largest absolute Gasteiger partial charge is 0.382 e. The lowest BCUT2D eigenvalue weighted by atomic mass is 10.1. The second-order valence-electron chi connectivity index (χ2n) is 7.29. The summed E-state index contributed by atoms with van der Waals surface area (Å²) in [6, 6.07) is 6.50. The normalized spacial score (nSPS) is 12.8. The molecule has 0 amide bonds. The molecule has 144 valence electrons. The second kappa shape index (κ2) is 8.61. The number of rotatable bonds is 8. The molecule has 0 saturated carbocycles. The van der Waals surface area contributed by atoms with E-state index in [1.54, 1.807) is 0 Å². The minimum absolute atomic E-state index is 0.390. The Bertz CT molecular complexity index is 917. The number of nitrogens with one attached hydrogen (secondary N) is 1. The van der Waals surface area contributed by atoms with Crippen LogP contribution in [-0.2, 0) is 0 Å². The van der Waals surface area contributed by atoms with Crippen LogP contribution in [0, 0.1) is 13.8 Å². The van der Waals surface area contributed by atoms with Gasteiger partial charge in [-0.2, -0.15) is 0 Å². The Morgan fingerprint density at radius 3 is 2.44 bits per heavy atom. The van der Waals surface area contributed by atoms with E-state index in [9.17, 15) is 0 Å². The van der Waals surface area contributed by atoms with E-state index in [1.807, 2.05) is 32.2 Å². The van der Waals surface area contributed by atoms with E-state index in [1.165, 1.54) is 6.42 Å². The van der Waals surface area contributed by atoms with Gasteiger partial charge >= 0.3 is 0 Å². The Morgan fingerprint density at radius 1 is 1.00 bits per heavy atom. The fourth-order valence-electron chi connectivity index (χ4n) is 3.55. The molecule has 0 spiro atoms. The molecule has 0 aliphatic carbocycles. The van der Waals surface area contributed by atoms with Gasteiger partial charge in [0.25, 0.3) is 0 Å². The molecule has 0 aliphatic heterocycles. The standard InChI is InChI=1S/C22H31N5/c1-6-27(7-2)14-8-9-15(3)24-19-12-13-23-18-10-11-20-22(21(18)19)26-17(5)16(4)25-20/h10-13,15H,6-9,14H2,1-5H3,(H,23,24). The van der Waals surface area contributed by atoms with Crippen LogP contribution in [0.1, 0.15) is 45.0 Å². The lowest BCUT2D eigenvalue weighted by Crippen LogP contribution is -2.25. The zero-order valence-corrected chi connectivity index (χ0v) is 17.2. The highest BCUT2D eigenvalue weighted by Gasteiger charge is 2.12. The molecule has 0 fully saturated rings. The number of hydrogen-bond acceptors (Lipinski definition) is 5. The molecule has 0 saturated heterocycles. The van der Waals surface area contributed by atoms with Crippen LogP contribution in [-0.4, -0.2) is 45.5 Å². The average Bonchev–Trinajstić information content (AvgIpc) is 2.66. The Balaban J connectivity index is 1.86. The van der Waals surface area contributed by atoms with Gasteiger partial charge in [-0.15, -0.1) is 0 Å². The molecule has 1 N–H and O–H groups in total. The summed E-state index contributed by atoms with van der Waals surface area (Å²) in [4.78, 5) is 16.6. The maximum atomic E-state index is 4.83.